The maximum atomic E-state index is 10.6. The van der Waals surface area contributed by atoms with Crippen LogP contribution < -0.4 is 0 Å². The van der Waals surface area contributed by atoms with E-state index in [1.54, 1.807) is 25.2 Å². The average molecular weight is 221 g/mol. The first-order valence-corrected chi connectivity index (χ1v) is 5.07. The topological polar surface area (TPSA) is 40.5 Å². The normalized spacial score (nSPS) is 10.7. The molecule has 0 aliphatic heterocycles. The average Bonchev–Trinajstić information content (AvgIpc) is 2.24. The second-order valence-electron chi connectivity index (χ2n) is 3.44. The summed E-state index contributed by atoms with van der Waals surface area (Å²) >= 11 is 0. The Labute approximate surface area is 97.1 Å². The van der Waals surface area contributed by atoms with E-state index < -0.39 is 5.97 Å². The Bertz CT molecular complexity index is 306. The highest BCUT2D eigenvalue weighted by molar-refractivity contribution is 5.85. The van der Waals surface area contributed by atoms with Crippen molar-refractivity contribution in [1.82, 2.24) is 4.90 Å². The molecular formula is C13H19NO2. The molecule has 0 bridgehead atoms. The molecule has 1 N–H and O–H groups in total. The zero-order valence-electron chi connectivity index (χ0n) is 9.78. The van der Waals surface area contributed by atoms with Gasteiger partial charge in [-0.25, -0.2) is 4.79 Å². The van der Waals surface area contributed by atoms with E-state index in [9.17, 15) is 4.79 Å². The molecule has 0 aromatic heterocycles. The molecule has 0 atom stereocenters. The smallest absolute Gasteiger partial charge is 0.330 e. The van der Waals surface area contributed by atoms with E-state index in [0.717, 1.165) is 5.70 Å². The highest BCUT2D eigenvalue weighted by Crippen LogP contribution is 2.09. The van der Waals surface area contributed by atoms with E-state index in [0.29, 0.717) is 25.1 Å². The van der Waals surface area contributed by atoms with Crippen LogP contribution in [0, 0.1) is 0 Å². The largest absolute Gasteiger partial charge is 0.478 e. The van der Waals surface area contributed by atoms with Crippen LogP contribution in [0.5, 0.6) is 0 Å². The van der Waals surface area contributed by atoms with Crippen LogP contribution in [0.4, 0.5) is 0 Å². The summed E-state index contributed by atoms with van der Waals surface area (Å²) in [5.41, 5.74) is 1.19. The van der Waals surface area contributed by atoms with Crippen LogP contribution in [-0.4, -0.2) is 29.1 Å². The molecule has 0 amide bonds. The molecule has 0 saturated heterocycles. The number of allylic oxidation sites excluding steroid dienone is 1. The van der Waals surface area contributed by atoms with Gasteiger partial charge in [0.1, 0.15) is 0 Å². The fraction of sp³-hybridized carbons (Fsp3) is 0.308. The van der Waals surface area contributed by atoms with Crippen molar-refractivity contribution in [2.75, 3.05) is 13.1 Å². The lowest BCUT2D eigenvalue weighted by molar-refractivity contribution is -0.132. The Hall–Kier alpha value is -1.77. The Morgan fingerprint density at radius 3 is 2.19 bits per heavy atom. The number of nitrogens with zero attached hydrogens (tertiary/aromatic N) is 1. The van der Waals surface area contributed by atoms with Gasteiger partial charge in [0.25, 0.3) is 0 Å². The summed E-state index contributed by atoms with van der Waals surface area (Å²) in [5, 5.41) is 8.70. The van der Waals surface area contributed by atoms with Crippen molar-refractivity contribution in [2.45, 2.75) is 13.3 Å². The summed E-state index contributed by atoms with van der Waals surface area (Å²) in [6, 6.07) is 0. The molecule has 0 heterocycles. The Balaban J connectivity index is 4.40. The van der Waals surface area contributed by atoms with Gasteiger partial charge in [0, 0.05) is 30.8 Å². The number of aliphatic carboxylic acids is 1. The molecule has 3 nitrogen and oxygen atoms in total. The van der Waals surface area contributed by atoms with Gasteiger partial charge < -0.3 is 10.0 Å². The highest BCUT2D eigenvalue weighted by Gasteiger charge is 2.04. The summed E-state index contributed by atoms with van der Waals surface area (Å²) in [6.07, 6.45) is 5.74. The minimum absolute atomic E-state index is 0.332. The molecule has 0 saturated carbocycles. The Morgan fingerprint density at radius 1 is 1.31 bits per heavy atom. The molecule has 16 heavy (non-hydrogen) atoms. The monoisotopic (exact) mass is 221 g/mol. The molecule has 0 aromatic rings. The van der Waals surface area contributed by atoms with Crippen LogP contribution in [0.3, 0.4) is 0 Å². The van der Waals surface area contributed by atoms with Gasteiger partial charge in [-0.1, -0.05) is 24.8 Å². The van der Waals surface area contributed by atoms with E-state index in [2.05, 4.69) is 19.7 Å². The number of rotatable bonds is 8. The van der Waals surface area contributed by atoms with E-state index in [1.165, 1.54) is 0 Å². The van der Waals surface area contributed by atoms with Crippen molar-refractivity contribution in [3.8, 4) is 0 Å². The zero-order valence-corrected chi connectivity index (χ0v) is 9.78. The van der Waals surface area contributed by atoms with Gasteiger partial charge in [0.2, 0.25) is 0 Å². The van der Waals surface area contributed by atoms with Crippen molar-refractivity contribution in [2.24, 2.45) is 0 Å². The molecule has 0 aliphatic carbocycles. The predicted octanol–water partition coefficient (Wildman–Crippen LogP) is 2.60. The third kappa shape index (κ3) is 5.20. The molecule has 0 fully saturated rings. The van der Waals surface area contributed by atoms with E-state index >= 15 is 0 Å². The Morgan fingerprint density at radius 2 is 1.81 bits per heavy atom. The van der Waals surface area contributed by atoms with E-state index in [4.69, 9.17) is 5.11 Å². The molecule has 3 heteroatoms. The minimum Gasteiger partial charge on any atom is -0.478 e. The maximum absolute atomic E-state index is 10.6. The molecule has 0 radical (unpaired) electrons. The van der Waals surface area contributed by atoms with Gasteiger partial charge >= 0.3 is 5.97 Å². The lowest BCUT2D eigenvalue weighted by Gasteiger charge is -2.23. The van der Waals surface area contributed by atoms with Crippen LogP contribution in [0.2, 0.25) is 0 Å². The van der Waals surface area contributed by atoms with Crippen molar-refractivity contribution in [3.05, 3.63) is 49.2 Å². The zero-order chi connectivity index (χ0) is 12.6. The van der Waals surface area contributed by atoms with Crippen molar-refractivity contribution < 1.29 is 9.90 Å². The molecule has 88 valence electrons. The number of hydrogen-bond acceptors (Lipinski definition) is 2. The predicted molar refractivity (Wildman–Crippen MR) is 67.1 cm³/mol. The second-order valence-corrected chi connectivity index (χ2v) is 3.44. The lowest BCUT2D eigenvalue weighted by Crippen LogP contribution is -2.22. The summed E-state index contributed by atoms with van der Waals surface area (Å²) in [5.74, 6) is -0.896. The van der Waals surface area contributed by atoms with Crippen LogP contribution in [-0.2, 0) is 4.79 Å². The van der Waals surface area contributed by atoms with Crippen LogP contribution >= 0.6 is 0 Å². The first-order chi connectivity index (χ1) is 7.52. The summed E-state index contributed by atoms with van der Waals surface area (Å²) in [4.78, 5) is 12.6. The van der Waals surface area contributed by atoms with Crippen LogP contribution in [0.15, 0.2) is 49.2 Å². The standard InChI is InChI=1S/C13H19NO2/c1-5-9-14(10-6-2)12(4)8-7-11(3)13(15)16/h5-7H,1-2,4,8-10H2,3H3,(H,15,16). The van der Waals surface area contributed by atoms with Gasteiger partial charge in [-0.05, 0) is 6.92 Å². The van der Waals surface area contributed by atoms with Gasteiger partial charge in [0.15, 0.2) is 0 Å². The number of carbonyl (C=O) groups is 1. The fourth-order valence-corrected chi connectivity index (χ4v) is 1.13. The lowest BCUT2D eigenvalue weighted by atomic mass is 10.2. The van der Waals surface area contributed by atoms with Crippen LogP contribution in [0.25, 0.3) is 0 Å². The first-order valence-electron chi connectivity index (χ1n) is 5.07. The van der Waals surface area contributed by atoms with Gasteiger partial charge in [-0.2, -0.15) is 0 Å². The molecular weight excluding hydrogens is 202 g/mol. The van der Waals surface area contributed by atoms with Crippen LogP contribution in [0.1, 0.15) is 13.3 Å². The molecule has 0 rings (SSSR count). The molecule has 0 aromatic carbocycles. The quantitative estimate of drug-likeness (QED) is 0.506. The van der Waals surface area contributed by atoms with Crippen molar-refractivity contribution in [1.29, 1.82) is 0 Å². The molecule has 0 spiro atoms. The minimum atomic E-state index is -0.896. The summed E-state index contributed by atoms with van der Waals surface area (Å²) < 4.78 is 0. The maximum Gasteiger partial charge on any atom is 0.330 e. The van der Waals surface area contributed by atoms with Crippen molar-refractivity contribution >= 4 is 5.97 Å². The number of carboxylic acid groups (broad SMARTS) is 1. The second kappa shape index (κ2) is 7.51. The van der Waals surface area contributed by atoms with Gasteiger partial charge in [-0.3, -0.25) is 0 Å². The molecule has 0 aliphatic rings. The SMILES string of the molecule is C=CCN(CC=C)C(=C)CC=C(C)C(=O)O. The first kappa shape index (κ1) is 14.2. The highest BCUT2D eigenvalue weighted by atomic mass is 16.4. The third-order valence-corrected chi connectivity index (χ3v) is 2.13. The number of hydrogen-bond donors (Lipinski definition) is 1. The van der Waals surface area contributed by atoms with Gasteiger partial charge in [-0.15, -0.1) is 13.2 Å². The van der Waals surface area contributed by atoms with Crippen molar-refractivity contribution in [3.63, 3.8) is 0 Å². The van der Waals surface area contributed by atoms with Gasteiger partial charge in [0.05, 0.1) is 0 Å². The number of carboxylic acids is 1. The molecule has 0 unspecified atom stereocenters. The van der Waals surface area contributed by atoms with E-state index in [1.807, 2.05) is 4.90 Å². The summed E-state index contributed by atoms with van der Waals surface area (Å²) in [6.45, 7) is 14.2. The summed E-state index contributed by atoms with van der Waals surface area (Å²) in [7, 11) is 0. The Kier molecular flexibility index (Phi) is 6.68. The third-order valence-electron chi connectivity index (χ3n) is 2.13. The fourth-order valence-electron chi connectivity index (χ4n) is 1.13. The van der Waals surface area contributed by atoms with E-state index in [-0.39, 0.29) is 0 Å².